The van der Waals surface area contributed by atoms with Gasteiger partial charge < -0.3 is 14.8 Å². The number of rotatable bonds is 5. The molecule has 2 rings (SSSR count). The lowest BCUT2D eigenvalue weighted by atomic mass is 10.1. The van der Waals surface area contributed by atoms with Crippen LogP contribution in [0.15, 0.2) is 48.0 Å². The molecule has 0 aliphatic rings. The summed E-state index contributed by atoms with van der Waals surface area (Å²) in [7, 11) is 2.75. The van der Waals surface area contributed by atoms with Gasteiger partial charge in [0.15, 0.2) is 0 Å². The zero-order valence-corrected chi connectivity index (χ0v) is 14.8. The van der Waals surface area contributed by atoms with Gasteiger partial charge in [0.25, 0.3) is 5.91 Å². The monoisotopic (exact) mass is 370 g/mol. The van der Waals surface area contributed by atoms with E-state index in [9.17, 15) is 14.9 Å². The molecule has 0 heterocycles. The van der Waals surface area contributed by atoms with Gasteiger partial charge in [-0.2, -0.15) is 5.26 Å². The van der Waals surface area contributed by atoms with Gasteiger partial charge in [-0.15, -0.1) is 0 Å². The van der Waals surface area contributed by atoms with E-state index in [1.165, 1.54) is 26.4 Å². The van der Waals surface area contributed by atoms with E-state index in [4.69, 9.17) is 16.3 Å². The van der Waals surface area contributed by atoms with E-state index in [0.29, 0.717) is 27.6 Å². The first-order chi connectivity index (χ1) is 12.5. The van der Waals surface area contributed by atoms with Crippen molar-refractivity contribution < 1.29 is 19.1 Å². The zero-order valence-electron chi connectivity index (χ0n) is 14.1. The van der Waals surface area contributed by atoms with E-state index < -0.39 is 11.9 Å². The molecule has 7 heteroatoms. The molecule has 0 unspecified atom stereocenters. The first-order valence-corrected chi connectivity index (χ1v) is 7.81. The summed E-state index contributed by atoms with van der Waals surface area (Å²) in [6, 6.07) is 12.9. The SMILES string of the molecule is COC(=O)c1ccc(/C=C(\C#N)C(=O)Nc2cc(Cl)ccc2OC)cc1. The molecular formula is C19H15ClN2O4. The average molecular weight is 371 g/mol. The van der Waals surface area contributed by atoms with Crippen LogP contribution in [0, 0.1) is 11.3 Å². The molecule has 2 aromatic carbocycles. The first kappa shape index (κ1) is 19.0. The van der Waals surface area contributed by atoms with Gasteiger partial charge in [-0.25, -0.2) is 4.79 Å². The lowest BCUT2D eigenvalue weighted by Gasteiger charge is -2.10. The Labute approximate surface area is 155 Å². The minimum Gasteiger partial charge on any atom is -0.495 e. The molecule has 0 saturated carbocycles. The van der Waals surface area contributed by atoms with E-state index in [1.54, 1.807) is 36.4 Å². The van der Waals surface area contributed by atoms with Crippen molar-refractivity contribution in [1.29, 1.82) is 5.26 Å². The summed E-state index contributed by atoms with van der Waals surface area (Å²) in [5.74, 6) is -0.653. The van der Waals surface area contributed by atoms with Crippen LogP contribution in [0.1, 0.15) is 15.9 Å². The Morgan fingerprint density at radius 1 is 1.15 bits per heavy atom. The van der Waals surface area contributed by atoms with Crippen molar-refractivity contribution in [2.24, 2.45) is 0 Å². The van der Waals surface area contributed by atoms with Crippen molar-refractivity contribution in [3.8, 4) is 11.8 Å². The topological polar surface area (TPSA) is 88.4 Å². The number of methoxy groups -OCH3 is 2. The number of ether oxygens (including phenoxy) is 2. The van der Waals surface area contributed by atoms with Gasteiger partial charge in [0.2, 0.25) is 0 Å². The molecule has 1 N–H and O–H groups in total. The third-order valence-electron chi connectivity index (χ3n) is 3.42. The van der Waals surface area contributed by atoms with E-state index >= 15 is 0 Å². The van der Waals surface area contributed by atoms with Gasteiger partial charge in [-0.3, -0.25) is 4.79 Å². The number of halogens is 1. The minimum absolute atomic E-state index is 0.113. The van der Waals surface area contributed by atoms with Crippen LogP contribution >= 0.6 is 11.6 Å². The number of carbonyl (C=O) groups excluding carboxylic acids is 2. The van der Waals surface area contributed by atoms with Crippen LogP contribution < -0.4 is 10.1 Å². The molecule has 0 aliphatic carbocycles. The molecule has 0 aromatic heterocycles. The smallest absolute Gasteiger partial charge is 0.337 e. The second-order valence-corrected chi connectivity index (χ2v) is 5.52. The van der Waals surface area contributed by atoms with E-state index in [0.717, 1.165) is 0 Å². The predicted molar refractivity (Wildman–Crippen MR) is 98.0 cm³/mol. The van der Waals surface area contributed by atoms with Crippen LogP contribution in [-0.2, 0) is 9.53 Å². The number of nitrogens with zero attached hydrogens (tertiary/aromatic N) is 1. The lowest BCUT2D eigenvalue weighted by molar-refractivity contribution is -0.112. The van der Waals surface area contributed by atoms with Gasteiger partial charge in [0.05, 0.1) is 25.5 Å². The van der Waals surface area contributed by atoms with Crippen molar-refractivity contribution in [2.75, 3.05) is 19.5 Å². The summed E-state index contributed by atoms with van der Waals surface area (Å²) in [6.07, 6.45) is 1.41. The average Bonchev–Trinajstić information content (AvgIpc) is 2.66. The lowest BCUT2D eigenvalue weighted by Crippen LogP contribution is -2.14. The third-order valence-corrected chi connectivity index (χ3v) is 3.65. The Bertz CT molecular complexity index is 899. The molecular weight excluding hydrogens is 356 g/mol. The standard InChI is InChI=1S/C19H15ClN2O4/c1-25-17-8-7-15(20)10-16(17)22-18(23)14(11-21)9-12-3-5-13(6-4-12)19(24)26-2/h3-10H,1-2H3,(H,22,23)/b14-9+. The van der Waals surface area contributed by atoms with Crippen LogP contribution in [0.25, 0.3) is 6.08 Å². The second kappa shape index (κ2) is 8.70. The molecule has 6 nitrogen and oxygen atoms in total. The Kier molecular flexibility index (Phi) is 6.36. The summed E-state index contributed by atoms with van der Waals surface area (Å²) in [5, 5.41) is 12.3. The second-order valence-electron chi connectivity index (χ2n) is 5.08. The molecule has 26 heavy (non-hydrogen) atoms. The number of esters is 1. The van der Waals surface area contributed by atoms with Crippen LogP contribution in [0.3, 0.4) is 0 Å². The van der Waals surface area contributed by atoms with Crippen molar-refractivity contribution in [3.05, 3.63) is 64.2 Å². The summed E-state index contributed by atoms with van der Waals surface area (Å²) >= 11 is 5.93. The Hall–Kier alpha value is -3.30. The van der Waals surface area contributed by atoms with Gasteiger partial charge in [0.1, 0.15) is 17.4 Å². The highest BCUT2D eigenvalue weighted by Crippen LogP contribution is 2.28. The molecule has 0 bridgehead atoms. The maximum atomic E-state index is 12.4. The van der Waals surface area contributed by atoms with Crippen LogP contribution in [-0.4, -0.2) is 26.1 Å². The molecule has 1 amide bonds. The maximum absolute atomic E-state index is 12.4. The molecule has 132 valence electrons. The predicted octanol–water partition coefficient (Wildman–Crippen LogP) is 3.68. The minimum atomic E-state index is -0.606. The highest BCUT2D eigenvalue weighted by Gasteiger charge is 2.13. The highest BCUT2D eigenvalue weighted by atomic mass is 35.5. The number of nitriles is 1. The van der Waals surface area contributed by atoms with Crippen molar-refractivity contribution in [3.63, 3.8) is 0 Å². The van der Waals surface area contributed by atoms with Crippen LogP contribution in [0.2, 0.25) is 5.02 Å². The zero-order chi connectivity index (χ0) is 19.1. The molecule has 0 spiro atoms. The summed E-state index contributed by atoms with van der Waals surface area (Å²) < 4.78 is 9.78. The van der Waals surface area contributed by atoms with E-state index in [2.05, 4.69) is 10.1 Å². The van der Waals surface area contributed by atoms with Crippen LogP contribution in [0.5, 0.6) is 5.75 Å². The largest absolute Gasteiger partial charge is 0.495 e. The Morgan fingerprint density at radius 3 is 2.42 bits per heavy atom. The summed E-state index contributed by atoms with van der Waals surface area (Å²) in [4.78, 5) is 23.8. The maximum Gasteiger partial charge on any atom is 0.337 e. The molecule has 2 aromatic rings. The Morgan fingerprint density at radius 2 is 1.85 bits per heavy atom. The van der Waals surface area contributed by atoms with E-state index in [-0.39, 0.29) is 5.57 Å². The normalized spacial score (nSPS) is 10.6. The third kappa shape index (κ3) is 4.62. The van der Waals surface area contributed by atoms with Gasteiger partial charge in [0, 0.05) is 5.02 Å². The highest BCUT2D eigenvalue weighted by molar-refractivity contribution is 6.31. The van der Waals surface area contributed by atoms with Crippen molar-refractivity contribution in [2.45, 2.75) is 0 Å². The summed E-state index contributed by atoms with van der Waals surface area (Å²) in [5.41, 5.74) is 1.20. The molecule has 0 radical (unpaired) electrons. The number of anilines is 1. The van der Waals surface area contributed by atoms with Gasteiger partial charge in [-0.05, 0) is 42.0 Å². The summed E-state index contributed by atoms with van der Waals surface area (Å²) in [6.45, 7) is 0. The van der Waals surface area contributed by atoms with E-state index in [1.807, 2.05) is 6.07 Å². The fourth-order valence-corrected chi connectivity index (χ4v) is 2.29. The molecule has 0 saturated heterocycles. The molecule has 0 fully saturated rings. The number of hydrogen-bond donors (Lipinski definition) is 1. The van der Waals surface area contributed by atoms with Gasteiger partial charge >= 0.3 is 5.97 Å². The fourth-order valence-electron chi connectivity index (χ4n) is 2.12. The Balaban J connectivity index is 2.24. The van der Waals surface area contributed by atoms with Crippen molar-refractivity contribution >= 4 is 35.2 Å². The number of benzene rings is 2. The van der Waals surface area contributed by atoms with Crippen LogP contribution in [0.4, 0.5) is 5.69 Å². The number of amides is 1. The number of hydrogen-bond acceptors (Lipinski definition) is 5. The quantitative estimate of drug-likeness (QED) is 0.492. The number of carbonyl (C=O) groups is 2. The number of nitrogens with one attached hydrogen (secondary N) is 1. The van der Waals surface area contributed by atoms with Crippen molar-refractivity contribution in [1.82, 2.24) is 0 Å². The fraction of sp³-hybridized carbons (Fsp3) is 0.105. The molecule has 0 aliphatic heterocycles. The molecule has 0 atom stereocenters. The van der Waals surface area contributed by atoms with Gasteiger partial charge in [-0.1, -0.05) is 23.7 Å². The first-order valence-electron chi connectivity index (χ1n) is 7.43.